The summed E-state index contributed by atoms with van der Waals surface area (Å²) in [5.74, 6) is 0.123. The zero-order valence-corrected chi connectivity index (χ0v) is 14.0. The molecule has 0 spiro atoms. The number of likely N-dealkylation sites (N-methyl/N-ethyl adjacent to an activating group) is 1. The predicted octanol–water partition coefficient (Wildman–Crippen LogP) is 2.25. The molecule has 114 valence electrons. The van der Waals surface area contributed by atoms with Gasteiger partial charge in [0, 0.05) is 29.9 Å². The molecule has 0 radical (unpaired) electrons. The van der Waals surface area contributed by atoms with Gasteiger partial charge in [0.15, 0.2) is 0 Å². The van der Waals surface area contributed by atoms with E-state index < -0.39 is 0 Å². The van der Waals surface area contributed by atoms with Crippen LogP contribution in [-0.4, -0.2) is 48.9 Å². The maximum absolute atomic E-state index is 12.0. The lowest BCUT2D eigenvalue weighted by Gasteiger charge is -2.33. The summed E-state index contributed by atoms with van der Waals surface area (Å²) in [4.78, 5) is 18.4. The van der Waals surface area contributed by atoms with Crippen molar-refractivity contribution in [2.24, 2.45) is 5.73 Å². The van der Waals surface area contributed by atoms with Crippen LogP contribution < -0.4 is 5.73 Å². The highest BCUT2D eigenvalue weighted by Gasteiger charge is 2.26. The van der Waals surface area contributed by atoms with Crippen molar-refractivity contribution < 1.29 is 4.79 Å². The number of carbonyl (C=O) groups excluding carboxylic acids is 1. The molecule has 0 aliphatic rings. The number of nitrogens with two attached hydrogens (primary N) is 1. The topological polar surface area (TPSA) is 49.6 Å². The molecule has 1 amide bonds. The largest absolute Gasteiger partial charge is 0.348 e. The second kappa shape index (κ2) is 7.76. The lowest BCUT2D eigenvalue weighted by molar-refractivity contribution is -0.130. The van der Waals surface area contributed by atoms with Crippen molar-refractivity contribution in [3.05, 3.63) is 21.9 Å². The molecule has 0 fully saturated rings. The molecular weight excluding hydrogens is 270 g/mol. The minimum absolute atomic E-state index is 0.00503. The highest BCUT2D eigenvalue weighted by Crippen LogP contribution is 2.29. The molecule has 5 heteroatoms. The normalized spacial score (nSPS) is 14.3. The third-order valence-corrected chi connectivity index (χ3v) is 4.36. The number of aryl methyl sites for hydroxylation is 1. The number of carbonyl (C=O) groups is 1. The third-order valence-electron chi connectivity index (χ3n) is 3.29. The van der Waals surface area contributed by atoms with Crippen LogP contribution in [0.25, 0.3) is 0 Å². The number of hydrogen-bond acceptors (Lipinski definition) is 4. The van der Waals surface area contributed by atoms with E-state index in [0.717, 1.165) is 13.0 Å². The Hall–Kier alpha value is -0.910. The first-order valence-corrected chi connectivity index (χ1v) is 7.94. The summed E-state index contributed by atoms with van der Waals surface area (Å²) in [6.45, 7) is 7.54. The molecule has 2 unspecified atom stereocenters. The number of hydrogen-bond donors (Lipinski definition) is 1. The van der Waals surface area contributed by atoms with Crippen LogP contribution in [0.4, 0.5) is 0 Å². The molecule has 1 aromatic rings. The van der Waals surface area contributed by atoms with E-state index in [1.54, 1.807) is 30.3 Å². The van der Waals surface area contributed by atoms with Gasteiger partial charge in [-0.1, -0.05) is 6.92 Å². The van der Waals surface area contributed by atoms with Crippen LogP contribution in [0.1, 0.15) is 36.1 Å². The Kier molecular flexibility index (Phi) is 6.65. The van der Waals surface area contributed by atoms with Gasteiger partial charge in [-0.2, -0.15) is 0 Å². The minimum Gasteiger partial charge on any atom is -0.348 e. The van der Waals surface area contributed by atoms with Crippen molar-refractivity contribution in [2.45, 2.75) is 39.3 Å². The Morgan fingerprint density at radius 1 is 1.40 bits per heavy atom. The Labute approximate surface area is 126 Å². The first kappa shape index (κ1) is 17.1. The van der Waals surface area contributed by atoms with Gasteiger partial charge >= 0.3 is 0 Å². The Bertz CT molecular complexity index is 429. The fourth-order valence-corrected chi connectivity index (χ4v) is 3.43. The summed E-state index contributed by atoms with van der Waals surface area (Å²) in [5, 5.41) is 0. The second-order valence-electron chi connectivity index (χ2n) is 5.51. The van der Waals surface area contributed by atoms with Gasteiger partial charge in [-0.15, -0.1) is 11.3 Å². The average Bonchev–Trinajstić information content (AvgIpc) is 2.75. The molecule has 2 N–H and O–H groups in total. The van der Waals surface area contributed by atoms with Crippen LogP contribution in [0.2, 0.25) is 0 Å². The van der Waals surface area contributed by atoms with E-state index in [-0.39, 0.29) is 18.0 Å². The van der Waals surface area contributed by atoms with E-state index in [1.165, 1.54) is 9.75 Å². The summed E-state index contributed by atoms with van der Waals surface area (Å²) < 4.78 is 0. The van der Waals surface area contributed by atoms with Crippen molar-refractivity contribution in [1.29, 1.82) is 0 Å². The zero-order valence-electron chi connectivity index (χ0n) is 13.2. The van der Waals surface area contributed by atoms with Crippen LogP contribution in [0.15, 0.2) is 12.1 Å². The van der Waals surface area contributed by atoms with Crippen LogP contribution in [0.3, 0.4) is 0 Å². The summed E-state index contributed by atoms with van der Waals surface area (Å²) >= 11 is 1.77. The summed E-state index contributed by atoms with van der Waals surface area (Å²) in [6, 6.07) is 4.36. The third kappa shape index (κ3) is 4.58. The average molecular weight is 297 g/mol. The Morgan fingerprint density at radius 2 is 2.05 bits per heavy atom. The smallest absolute Gasteiger partial charge is 0.236 e. The molecule has 20 heavy (non-hydrogen) atoms. The van der Waals surface area contributed by atoms with Crippen molar-refractivity contribution >= 4 is 17.2 Å². The fraction of sp³-hybridized carbons (Fsp3) is 0.667. The van der Waals surface area contributed by atoms with Crippen molar-refractivity contribution in [3.8, 4) is 0 Å². The Morgan fingerprint density at radius 3 is 2.45 bits per heavy atom. The van der Waals surface area contributed by atoms with Gasteiger partial charge in [0.25, 0.3) is 0 Å². The van der Waals surface area contributed by atoms with Gasteiger partial charge in [0.1, 0.15) is 0 Å². The standard InChI is InChI=1S/C15H27N3OS/c1-6-9-18(10-14(19)17(4)5)15(12(3)16)13-8-7-11(2)20-13/h7-8,12,15H,6,9-10,16H2,1-5H3. The number of thiophene rings is 1. The summed E-state index contributed by atoms with van der Waals surface area (Å²) in [5.41, 5.74) is 6.20. The lowest BCUT2D eigenvalue weighted by Crippen LogP contribution is -2.44. The van der Waals surface area contributed by atoms with Gasteiger partial charge < -0.3 is 10.6 Å². The van der Waals surface area contributed by atoms with Gasteiger partial charge in [0.2, 0.25) is 5.91 Å². The van der Waals surface area contributed by atoms with Crippen LogP contribution in [0.5, 0.6) is 0 Å². The van der Waals surface area contributed by atoms with Crippen molar-refractivity contribution in [3.63, 3.8) is 0 Å². The number of amides is 1. The van der Waals surface area contributed by atoms with E-state index in [9.17, 15) is 4.79 Å². The van der Waals surface area contributed by atoms with Gasteiger partial charge in [-0.3, -0.25) is 9.69 Å². The Balaban J connectivity index is 2.97. The molecular formula is C15H27N3OS. The molecule has 1 heterocycles. The summed E-state index contributed by atoms with van der Waals surface area (Å²) in [6.07, 6.45) is 1.01. The molecule has 0 saturated heterocycles. The van der Waals surface area contributed by atoms with E-state index >= 15 is 0 Å². The molecule has 0 aliphatic carbocycles. The molecule has 0 aromatic carbocycles. The van der Waals surface area contributed by atoms with E-state index in [0.29, 0.717) is 6.54 Å². The quantitative estimate of drug-likeness (QED) is 0.840. The van der Waals surface area contributed by atoms with Crippen molar-refractivity contribution in [2.75, 3.05) is 27.2 Å². The van der Waals surface area contributed by atoms with Crippen molar-refractivity contribution in [1.82, 2.24) is 9.80 Å². The molecule has 0 aliphatic heterocycles. The van der Waals surface area contributed by atoms with Crippen LogP contribution in [-0.2, 0) is 4.79 Å². The SMILES string of the molecule is CCCN(CC(=O)N(C)C)C(c1ccc(C)s1)C(C)N. The number of rotatable bonds is 7. The van der Waals surface area contributed by atoms with E-state index in [2.05, 4.69) is 30.9 Å². The van der Waals surface area contributed by atoms with E-state index in [1.807, 2.05) is 6.92 Å². The predicted molar refractivity (Wildman–Crippen MR) is 86.0 cm³/mol. The molecule has 4 nitrogen and oxygen atoms in total. The summed E-state index contributed by atoms with van der Waals surface area (Å²) in [7, 11) is 3.59. The van der Waals surface area contributed by atoms with Crippen LogP contribution >= 0.6 is 11.3 Å². The minimum atomic E-state index is -0.00503. The maximum atomic E-state index is 12.0. The fourth-order valence-electron chi connectivity index (χ4n) is 2.30. The molecule has 0 bridgehead atoms. The number of nitrogens with zero attached hydrogens (tertiary/aromatic N) is 2. The molecule has 0 saturated carbocycles. The molecule has 1 rings (SSSR count). The van der Waals surface area contributed by atoms with Gasteiger partial charge in [0.05, 0.1) is 12.6 Å². The maximum Gasteiger partial charge on any atom is 0.236 e. The second-order valence-corrected chi connectivity index (χ2v) is 6.83. The lowest BCUT2D eigenvalue weighted by atomic mass is 10.1. The van der Waals surface area contributed by atoms with Gasteiger partial charge in [-0.05, 0) is 38.9 Å². The highest BCUT2D eigenvalue weighted by atomic mass is 32.1. The van der Waals surface area contributed by atoms with Crippen LogP contribution in [0, 0.1) is 6.92 Å². The van der Waals surface area contributed by atoms with E-state index in [4.69, 9.17) is 5.73 Å². The molecule has 2 atom stereocenters. The monoisotopic (exact) mass is 297 g/mol. The molecule has 1 aromatic heterocycles. The zero-order chi connectivity index (χ0) is 15.3. The van der Waals surface area contributed by atoms with Gasteiger partial charge in [-0.25, -0.2) is 0 Å². The highest BCUT2D eigenvalue weighted by molar-refractivity contribution is 7.12. The first-order valence-electron chi connectivity index (χ1n) is 7.13. The first-order chi connectivity index (χ1) is 9.36.